The second kappa shape index (κ2) is 8.20. The average Bonchev–Trinajstić information content (AvgIpc) is 3.40. The van der Waals surface area contributed by atoms with Gasteiger partial charge in [-0.3, -0.25) is 0 Å². The molecule has 2 aromatic heterocycles. The van der Waals surface area contributed by atoms with Gasteiger partial charge in [-0.25, -0.2) is 14.5 Å². The molecular formula is C21H16ClN3O4. The molecule has 7 nitrogen and oxygen atoms in total. The van der Waals surface area contributed by atoms with Crippen LogP contribution in [0.4, 0.5) is 0 Å². The zero-order valence-corrected chi connectivity index (χ0v) is 16.2. The monoisotopic (exact) mass is 409 g/mol. The fraction of sp³-hybridized carbons (Fsp3) is 0.0952. The van der Waals surface area contributed by atoms with Gasteiger partial charge in [-0.1, -0.05) is 29.8 Å². The number of carbonyl (C=O) groups excluding carboxylic acids is 1. The first-order valence-electron chi connectivity index (χ1n) is 8.71. The molecule has 0 spiro atoms. The van der Waals surface area contributed by atoms with Crippen LogP contribution in [0, 0.1) is 0 Å². The Bertz CT molecular complexity index is 1120. The summed E-state index contributed by atoms with van der Waals surface area (Å²) in [5.74, 6) is 0.499. The smallest absolute Gasteiger partial charge is 0.363 e. The number of carbonyl (C=O) groups is 1. The Morgan fingerprint density at radius 1 is 1.14 bits per heavy atom. The molecule has 0 fully saturated rings. The van der Waals surface area contributed by atoms with Gasteiger partial charge in [0.2, 0.25) is 11.6 Å². The van der Waals surface area contributed by atoms with Gasteiger partial charge in [0.25, 0.3) is 0 Å². The molecule has 2 heterocycles. The van der Waals surface area contributed by atoms with E-state index in [0.717, 1.165) is 11.3 Å². The molecule has 0 aliphatic carbocycles. The molecule has 0 amide bonds. The largest absolute Gasteiger partial charge is 0.493 e. The molecule has 0 bridgehead atoms. The molecule has 29 heavy (non-hydrogen) atoms. The van der Waals surface area contributed by atoms with E-state index in [-0.39, 0.29) is 18.2 Å². The van der Waals surface area contributed by atoms with Crippen LogP contribution in [-0.4, -0.2) is 27.8 Å². The Kier molecular flexibility index (Phi) is 5.31. The number of rotatable bonds is 6. The molecule has 8 heteroatoms. The lowest BCUT2D eigenvalue weighted by Gasteiger charge is -2.02. The van der Waals surface area contributed by atoms with Crippen LogP contribution in [0.3, 0.4) is 0 Å². The van der Waals surface area contributed by atoms with E-state index in [1.54, 1.807) is 29.2 Å². The van der Waals surface area contributed by atoms with Gasteiger partial charge in [0.1, 0.15) is 0 Å². The number of methoxy groups -OCH3 is 1. The van der Waals surface area contributed by atoms with Crippen molar-refractivity contribution in [1.82, 2.24) is 14.8 Å². The molecule has 0 N–H and O–H groups in total. The standard InChI is InChI=1S/C21H16ClN3O4/c1-27-18-12-25(16-5-3-2-4-6-16)24-20(18)21(26)28-13-19-23-11-17(29-19)14-7-9-15(22)10-8-14/h2-12H,13H2,1H3. The van der Waals surface area contributed by atoms with Gasteiger partial charge >= 0.3 is 5.97 Å². The lowest BCUT2D eigenvalue weighted by atomic mass is 10.2. The first kappa shape index (κ1) is 18.8. The minimum Gasteiger partial charge on any atom is -0.493 e. The van der Waals surface area contributed by atoms with Gasteiger partial charge in [0.15, 0.2) is 18.1 Å². The number of benzene rings is 2. The van der Waals surface area contributed by atoms with E-state index in [0.29, 0.717) is 16.5 Å². The highest BCUT2D eigenvalue weighted by Crippen LogP contribution is 2.24. The topological polar surface area (TPSA) is 79.4 Å². The summed E-state index contributed by atoms with van der Waals surface area (Å²) < 4.78 is 17.8. The van der Waals surface area contributed by atoms with Crippen LogP contribution in [0.25, 0.3) is 17.0 Å². The molecule has 0 atom stereocenters. The minimum atomic E-state index is -0.636. The van der Waals surface area contributed by atoms with E-state index < -0.39 is 5.97 Å². The van der Waals surface area contributed by atoms with E-state index in [4.69, 9.17) is 25.5 Å². The van der Waals surface area contributed by atoms with Crippen LogP contribution >= 0.6 is 11.6 Å². The van der Waals surface area contributed by atoms with Crippen LogP contribution in [-0.2, 0) is 11.3 Å². The third-order valence-electron chi connectivity index (χ3n) is 4.12. The predicted octanol–water partition coefficient (Wildman–Crippen LogP) is 4.55. The van der Waals surface area contributed by atoms with Gasteiger partial charge in [-0.05, 0) is 36.4 Å². The first-order valence-corrected chi connectivity index (χ1v) is 9.08. The van der Waals surface area contributed by atoms with Gasteiger partial charge in [0, 0.05) is 10.6 Å². The van der Waals surface area contributed by atoms with Gasteiger partial charge < -0.3 is 13.9 Å². The molecule has 4 aromatic rings. The highest BCUT2D eigenvalue weighted by molar-refractivity contribution is 6.30. The van der Waals surface area contributed by atoms with Crippen molar-refractivity contribution in [2.75, 3.05) is 7.11 Å². The van der Waals surface area contributed by atoms with Crippen molar-refractivity contribution in [2.24, 2.45) is 0 Å². The summed E-state index contributed by atoms with van der Waals surface area (Å²) >= 11 is 5.89. The van der Waals surface area contributed by atoms with E-state index >= 15 is 0 Å². The van der Waals surface area contributed by atoms with E-state index in [9.17, 15) is 4.79 Å². The maximum Gasteiger partial charge on any atom is 0.363 e. The number of ether oxygens (including phenoxy) is 2. The van der Waals surface area contributed by atoms with Crippen LogP contribution < -0.4 is 4.74 Å². The molecule has 146 valence electrons. The molecule has 0 aliphatic rings. The fourth-order valence-electron chi connectivity index (χ4n) is 2.68. The highest BCUT2D eigenvalue weighted by Gasteiger charge is 2.21. The van der Waals surface area contributed by atoms with E-state index in [1.165, 1.54) is 7.11 Å². The second-order valence-corrected chi connectivity index (χ2v) is 6.46. The Hall–Kier alpha value is -3.58. The zero-order chi connectivity index (χ0) is 20.2. The van der Waals surface area contributed by atoms with E-state index in [1.807, 2.05) is 42.5 Å². The SMILES string of the molecule is COc1cn(-c2ccccc2)nc1C(=O)OCc1ncc(-c2ccc(Cl)cc2)o1. The van der Waals surface area contributed by atoms with Crippen molar-refractivity contribution >= 4 is 17.6 Å². The fourth-order valence-corrected chi connectivity index (χ4v) is 2.81. The van der Waals surface area contributed by atoms with Crippen LogP contribution in [0.2, 0.25) is 5.02 Å². The number of oxazole rings is 1. The maximum absolute atomic E-state index is 12.5. The summed E-state index contributed by atoms with van der Waals surface area (Å²) in [5, 5.41) is 4.91. The lowest BCUT2D eigenvalue weighted by Crippen LogP contribution is -2.08. The zero-order valence-electron chi connectivity index (χ0n) is 15.4. The molecule has 4 rings (SSSR count). The summed E-state index contributed by atoms with van der Waals surface area (Å²) in [6.07, 6.45) is 3.19. The average molecular weight is 410 g/mol. The van der Waals surface area contributed by atoms with Crippen molar-refractivity contribution in [2.45, 2.75) is 6.61 Å². The third-order valence-corrected chi connectivity index (χ3v) is 4.38. The third kappa shape index (κ3) is 4.14. The summed E-state index contributed by atoms with van der Waals surface area (Å²) in [6.45, 7) is -0.131. The van der Waals surface area contributed by atoms with Crippen LogP contribution in [0.5, 0.6) is 5.75 Å². The lowest BCUT2D eigenvalue weighted by molar-refractivity contribution is 0.0428. The molecule has 2 aromatic carbocycles. The van der Waals surface area contributed by atoms with Crippen molar-refractivity contribution < 1.29 is 18.7 Å². The van der Waals surface area contributed by atoms with Gasteiger partial charge in [-0.2, -0.15) is 5.10 Å². The Labute approximate surface area is 171 Å². The number of halogens is 1. The molecular weight excluding hydrogens is 394 g/mol. The maximum atomic E-state index is 12.5. The van der Waals surface area contributed by atoms with Crippen LogP contribution in [0.15, 0.2) is 71.4 Å². The van der Waals surface area contributed by atoms with Crippen LogP contribution in [0.1, 0.15) is 16.4 Å². The number of para-hydroxylation sites is 1. The summed E-state index contributed by atoms with van der Waals surface area (Å²) in [6, 6.07) is 16.5. The number of hydrogen-bond acceptors (Lipinski definition) is 6. The normalized spacial score (nSPS) is 10.7. The second-order valence-electron chi connectivity index (χ2n) is 6.03. The number of nitrogens with zero attached hydrogens (tertiary/aromatic N) is 3. The van der Waals surface area contributed by atoms with Crippen molar-refractivity contribution in [3.8, 4) is 22.8 Å². The Morgan fingerprint density at radius 2 is 1.90 bits per heavy atom. The quantitative estimate of drug-likeness (QED) is 0.435. The van der Waals surface area contributed by atoms with E-state index in [2.05, 4.69) is 10.1 Å². The Morgan fingerprint density at radius 3 is 2.62 bits per heavy atom. The molecule has 0 saturated heterocycles. The summed E-state index contributed by atoms with van der Waals surface area (Å²) in [7, 11) is 1.47. The number of esters is 1. The van der Waals surface area contributed by atoms with Crippen molar-refractivity contribution in [3.63, 3.8) is 0 Å². The number of aromatic nitrogens is 3. The van der Waals surface area contributed by atoms with Crippen molar-refractivity contribution in [1.29, 1.82) is 0 Å². The van der Waals surface area contributed by atoms with Gasteiger partial charge in [0.05, 0.1) is 25.2 Å². The summed E-state index contributed by atoms with van der Waals surface area (Å²) in [4.78, 5) is 16.6. The molecule has 0 radical (unpaired) electrons. The summed E-state index contributed by atoms with van der Waals surface area (Å²) in [5.41, 5.74) is 1.69. The first-order chi connectivity index (χ1) is 14.1. The minimum absolute atomic E-state index is 0.0702. The highest BCUT2D eigenvalue weighted by atomic mass is 35.5. The molecule has 0 unspecified atom stereocenters. The molecule has 0 aliphatic heterocycles. The van der Waals surface area contributed by atoms with Gasteiger partial charge in [-0.15, -0.1) is 0 Å². The Balaban J connectivity index is 1.46. The van der Waals surface area contributed by atoms with Crippen molar-refractivity contribution in [3.05, 3.63) is 83.6 Å². The number of hydrogen-bond donors (Lipinski definition) is 0. The molecule has 0 saturated carbocycles. The predicted molar refractivity (Wildman–Crippen MR) is 106 cm³/mol.